The fourth-order valence-corrected chi connectivity index (χ4v) is 4.28. The molecule has 0 radical (unpaired) electrons. The van der Waals surface area contributed by atoms with E-state index < -0.39 is 29.4 Å². The molecule has 2 heterocycles. The number of aromatic nitrogens is 2. The number of rotatable bonds is 7. The standard InChI is InChI=1S/C26H27N5O5/c1-5-36-25(33)20-15(2)21-22(29-30-24(32)17-10-9-13-19(14-17)35-4)28-26(34)31(23(21)27-16(20)3)18-11-7-6-8-12-18/h6-15,20H,5H2,1-4H3,(H,30,32)(H,28,29,34). The van der Waals surface area contributed by atoms with Crippen molar-refractivity contribution >= 4 is 29.2 Å². The van der Waals surface area contributed by atoms with Crippen LogP contribution in [0.2, 0.25) is 0 Å². The molecule has 2 aromatic carbocycles. The van der Waals surface area contributed by atoms with Crippen LogP contribution < -0.4 is 21.3 Å². The van der Waals surface area contributed by atoms with Gasteiger partial charge in [-0.15, -0.1) is 0 Å². The summed E-state index contributed by atoms with van der Waals surface area (Å²) in [6.07, 6.45) is 0. The lowest BCUT2D eigenvalue weighted by Crippen LogP contribution is -2.37. The summed E-state index contributed by atoms with van der Waals surface area (Å²) < 4.78 is 11.9. The molecular formula is C26H27N5O5. The summed E-state index contributed by atoms with van der Waals surface area (Å²) in [6.45, 7) is 5.54. The highest BCUT2D eigenvalue weighted by Gasteiger charge is 2.38. The molecule has 4 rings (SSSR count). The number of esters is 1. The van der Waals surface area contributed by atoms with Crippen molar-refractivity contribution in [3.8, 4) is 11.4 Å². The largest absolute Gasteiger partial charge is 0.497 e. The van der Waals surface area contributed by atoms with Gasteiger partial charge in [-0.3, -0.25) is 20.4 Å². The second kappa shape index (κ2) is 10.4. The number of nitrogens with zero attached hydrogens (tertiary/aromatic N) is 3. The normalized spacial score (nSPS) is 16.4. The number of benzene rings is 2. The van der Waals surface area contributed by atoms with Gasteiger partial charge in [0.15, 0.2) is 5.82 Å². The molecule has 0 saturated carbocycles. The molecule has 0 aliphatic carbocycles. The Hall–Kier alpha value is -4.47. The Morgan fingerprint density at radius 1 is 1.11 bits per heavy atom. The fourth-order valence-electron chi connectivity index (χ4n) is 4.28. The number of aliphatic imine (C=N–C) groups is 1. The van der Waals surface area contributed by atoms with Crippen molar-refractivity contribution in [2.75, 3.05) is 19.1 Å². The molecule has 2 atom stereocenters. The van der Waals surface area contributed by atoms with Gasteiger partial charge in [0.25, 0.3) is 5.91 Å². The maximum absolute atomic E-state index is 13.2. The summed E-state index contributed by atoms with van der Waals surface area (Å²) in [7, 11) is 1.51. The van der Waals surface area contributed by atoms with Gasteiger partial charge in [0.05, 0.1) is 19.4 Å². The topological polar surface area (TPSA) is 124 Å². The van der Waals surface area contributed by atoms with Crippen molar-refractivity contribution in [2.24, 2.45) is 10.9 Å². The van der Waals surface area contributed by atoms with Gasteiger partial charge in [-0.1, -0.05) is 31.2 Å². The van der Waals surface area contributed by atoms with E-state index in [9.17, 15) is 14.4 Å². The lowest BCUT2D eigenvalue weighted by molar-refractivity contribution is -0.146. The number of para-hydroxylation sites is 1. The van der Waals surface area contributed by atoms with Crippen LogP contribution >= 0.6 is 0 Å². The summed E-state index contributed by atoms with van der Waals surface area (Å²) in [4.78, 5) is 47.6. The van der Waals surface area contributed by atoms with Crippen LogP contribution in [0, 0.1) is 5.92 Å². The minimum Gasteiger partial charge on any atom is -0.497 e. The van der Waals surface area contributed by atoms with E-state index in [0.29, 0.717) is 34.1 Å². The first-order valence-corrected chi connectivity index (χ1v) is 11.5. The lowest BCUT2D eigenvalue weighted by atomic mass is 9.82. The fraction of sp³-hybridized carbons (Fsp3) is 0.269. The van der Waals surface area contributed by atoms with Gasteiger partial charge in [-0.2, -0.15) is 4.98 Å². The SMILES string of the molecule is CCOC(=O)C1C(C)=Nc2c(c(NNC(=O)c3cccc(OC)c3)nc(=O)n2-c2ccccc2)C1C. The maximum atomic E-state index is 13.2. The average Bonchev–Trinajstić information content (AvgIpc) is 2.87. The monoisotopic (exact) mass is 489 g/mol. The smallest absolute Gasteiger partial charge is 0.355 e. The van der Waals surface area contributed by atoms with E-state index in [1.807, 2.05) is 13.0 Å². The number of amides is 1. The molecule has 1 aliphatic rings. The van der Waals surface area contributed by atoms with Crippen LogP contribution in [0.5, 0.6) is 5.75 Å². The van der Waals surface area contributed by atoms with E-state index in [1.54, 1.807) is 62.4 Å². The van der Waals surface area contributed by atoms with Crippen LogP contribution in [0.25, 0.3) is 5.69 Å². The van der Waals surface area contributed by atoms with Gasteiger partial charge < -0.3 is 9.47 Å². The number of ether oxygens (including phenoxy) is 2. The van der Waals surface area contributed by atoms with Crippen LogP contribution in [-0.2, 0) is 9.53 Å². The predicted molar refractivity (Wildman–Crippen MR) is 135 cm³/mol. The third kappa shape index (κ3) is 4.70. The van der Waals surface area contributed by atoms with Gasteiger partial charge in [0.1, 0.15) is 17.5 Å². The van der Waals surface area contributed by atoms with Crippen LogP contribution in [0.4, 0.5) is 11.6 Å². The summed E-state index contributed by atoms with van der Waals surface area (Å²) in [5.74, 6) is -1.02. The molecule has 3 aromatic rings. The third-order valence-corrected chi connectivity index (χ3v) is 5.98. The van der Waals surface area contributed by atoms with Crippen molar-refractivity contribution in [2.45, 2.75) is 26.7 Å². The van der Waals surface area contributed by atoms with Crippen molar-refractivity contribution in [3.63, 3.8) is 0 Å². The Morgan fingerprint density at radius 2 is 1.86 bits per heavy atom. The summed E-state index contributed by atoms with van der Waals surface area (Å²) in [5, 5.41) is 0. The molecule has 186 valence electrons. The molecule has 0 spiro atoms. The van der Waals surface area contributed by atoms with Crippen molar-refractivity contribution in [3.05, 3.63) is 76.2 Å². The second-order valence-electron chi connectivity index (χ2n) is 8.23. The minimum absolute atomic E-state index is 0.108. The summed E-state index contributed by atoms with van der Waals surface area (Å²) in [5.41, 5.74) is 6.73. The molecule has 0 saturated heterocycles. The Balaban J connectivity index is 1.79. The Labute approximate surface area is 208 Å². The van der Waals surface area contributed by atoms with E-state index in [-0.39, 0.29) is 12.4 Å². The Morgan fingerprint density at radius 3 is 2.56 bits per heavy atom. The lowest BCUT2D eigenvalue weighted by Gasteiger charge is -2.30. The molecule has 2 N–H and O–H groups in total. The first kappa shape index (κ1) is 24.6. The Kier molecular flexibility index (Phi) is 7.14. The number of carbonyl (C=O) groups is 2. The average molecular weight is 490 g/mol. The number of hydrogen-bond donors (Lipinski definition) is 2. The summed E-state index contributed by atoms with van der Waals surface area (Å²) >= 11 is 0. The highest BCUT2D eigenvalue weighted by Crippen LogP contribution is 2.41. The minimum atomic E-state index is -0.671. The van der Waals surface area contributed by atoms with Crippen molar-refractivity contribution in [1.82, 2.24) is 15.0 Å². The zero-order chi connectivity index (χ0) is 25.8. The second-order valence-corrected chi connectivity index (χ2v) is 8.23. The molecule has 10 nitrogen and oxygen atoms in total. The predicted octanol–water partition coefficient (Wildman–Crippen LogP) is 3.39. The number of hydrogen-bond acceptors (Lipinski definition) is 8. The first-order valence-electron chi connectivity index (χ1n) is 11.5. The molecular weight excluding hydrogens is 462 g/mol. The van der Waals surface area contributed by atoms with Gasteiger partial charge in [-0.05, 0) is 44.2 Å². The van der Waals surface area contributed by atoms with Gasteiger partial charge in [-0.25, -0.2) is 14.4 Å². The van der Waals surface area contributed by atoms with Gasteiger partial charge in [0.2, 0.25) is 0 Å². The number of hydrazine groups is 1. The van der Waals surface area contributed by atoms with Crippen molar-refractivity contribution < 1.29 is 19.1 Å². The molecule has 10 heteroatoms. The zero-order valence-electron chi connectivity index (χ0n) is 20.4. The molecule has 1 aromatic heterocycles. The third-order valence-electron chi connectivity index (χ3n) is 5.98. The quantitative estimate of drug-likeness (QED) is 0.385. The van der Waals surface area contributed by atoms with Gasteiger partial charge >= 0.3 is 11.7 Å². The van der Waals surface area contributed by atoms with Crippen molar-refractivity contribution in [1.29, 1.82) is 0 Å². The van der Waals surface area contributed by atoms with E-state index >= 15 is 0 Å². The van der Waals surface area contributed by atoms with Crippen LogP contribution in [-0.4, -0.2) is 40.9 Å². The highest BCUT2D eigenvalue weighted by molar-refractivity contribution is 6.04. The highest BCUT2D eigenvalue weighted by atomic mass is 16.5. The first-order chi connectivity index (χ1) is 17.3. The van der Waals surface area contributed by atoms with E-state index in [2.05, 4.69) is 20.8 Å². The molecule has 0 fully saturated rings. The summed E-state index contributed by atoms with van der Waals surface area (Å²) in [6, 6.07) is 15.6. The Bertz CT molecular complexity index is 1380. The van der Waals surface area contributed by atoms with E-state index in [1.165, 1.54) is 11.7 Å². The number of nitrogens with one attached hydrogen (secondary N) is 2. The molecule has 1 aliphatic heterocycles. The molecule has 2 unspecified atom stereocenters. The van der Waals surface area contributed by atoms with Gasteiger partial charge in [0, 0.05) is 22.8 Å². The van der Waals surface area contributed by atoms with E-state index in [0.717, 1.165) is 0 Å². The zero-order valence-corrected chi connectivity index (χ0v) is 20.4. The molecule has 0 bridgehead atoms. The van der Waals surface area contributed by atoms with Crippen LogP contribution in [0.1, 0.15) is 42.6 Å². The number of carbonyl (C=O) groups excluding carboxylic acids is 2. The van der Waals surface area contributed by atoms with Crippen LogP contribution in [0.15, 0.2) is 64.4 Å². The maximum Gasteiger partial charge on any atom is 0.355 e. The van der Waals surface area contributed by atoms with Crippen LogP contribution in [0.3, 0.4) is 0 Å². The molecule has 36 heavy (non-hydrogen) atoms. The van der Waals surface area contributed by atoms with E-state index in [4.69, 9.17) is 9.47 Å². The number of anilines is 1. The number of fused-ring (bicyclic) bond motifs is 1. The molecule has 1 amide bonds. The number of methoxy groups -OCH3 is 1.